The molecule has 0 fully saturated rings. The molecular weight excluding hydrogens is 338 g/mol. The number of amides is 1. The quantitative estimate of drug-likeness (QED) is 0.723. The van der Waals surface area contributed by atoms with Gasteiger partial charge in [0.25, 0.3) is 5.91 Å². The molecule has 1 N–H and O–H groups in total. The maximum absolute atomic E-state index is 12.4. The molecule has 0 bridgehead atoms. The maximum atomic E-state index is 12.4. The number of nitrogens with one attached hydrogen (secondary N) is 1. The van der Waals surface area contributed by atoms with Crippen LogP contribution in [0.1, 0.15) is 29.2 Å². The molecule has 3 aromatic rings. The molecule has 2 aromatic carbocycles. The number of carbonyl (C=O) groups is 1. The third kappa shape index (κ3) is 4.56. The minimum Gasteiger partial charge on any atom is -0.481 e. The molecule has 3 rings (SSSR count). The number of hydrogen-bond donors (Lipinski definition) is 1. The number of rotatable bonds is 6. The van der Waals surface area contributed by atoms with Crippen LogP contribution in [0.2, 0.25) is 0 Å². The number of hydrogen-bond acceptors (Lipinski definition) is 3. The predicted molar refractivity (Wildman–Crippen MR) is 106 cm³/mol. The first kappa shape index (κ1) is 18.7. The van der Waals surface area contributed by atoms with Crippen LogP contribution in [0, 0.1) is 20.8 Å². The van der Waals surface area contributed by atoms with E-state index >= 15 is 0 Å². The minimum atomic E-state index is -0.560. The van der Waals surface area contributed by atoms with Gasteiger partial charge in [0.1, 0.15) is 5.75 Å². The Morgan fingerprint density at radius 1 is 1.19 bits per heavy atom. The van der Waals surface area contributed by atoms with E-state index in [1.54, 1.807) is 19.4 Å². The molecule has 1 amide bonds. The summed E-state index contributed by atoms with van der Waals surface area (Å²) in [7, 11) is 0. The van der Waals surface area contributed by atoms with Gasteiger partial charge in [0, 0.05) is 24.6 Å². The number of benzene rings is 2. The molecule has 0 aliphatic rings. The second-order valence-corrected chi connectivity index (χ2v) is 6.82. The zero-order chi connectivity index (χ0) is 19.4. The lowest BCUT2D eigenvalue weighted by Crippen LogP contribution is -2.36. The van der Waals surface area contributed by atoms with Crippen molar-refractivity contribution >= 4 is 5.91 Å². The van der Waals surface area contributed by atoms with E-state index in [0.717, 1.165) is 33.7 Å². The minimum absolute atomic E-state index is 0.132. The normalized spacial score (nSPS) is 11.9. The third-order valence-electron chi connectivity index (χ3n) is 4.64. The van der Waals surface area contributed by atoms with E-state index in [2.05, 4.69) is 16.4 Å². The molecule has 0 saturated heterocycles. The predicted octanol–water partition coefficient (Wildman–Crippen LogP) is 3.88. The van der Waals surface area contributed by atoms with Gasteiger partial charge in [-0.3, -0.25) is 4.79 Å². The van der Waals surface area contributed by atoms with Gasteiger partial charge in [-0.2, -0.15) is 0 Å². The van der Waals surface area contributed by atoms with Crippen LogP contribution in [0.5, 0.6) is 5.75 Å². The van der Waals surface area contributed by atoms with Crippen molar-refractivity contribution in [1.82, 2.24) is 14.9 Å². The molecule has 0 spiro atoms. The van der Waals surface area contributed by atoms with Crippen molar-refractivity contribution in [1.29, 1.82) is 0 Å². The van der Waals surface area contributed by atoms with Gasteiger partial charge in [-0.05, 0) is 68.1 Å². The summed E-state index contributed by atoms with van der Waals surface area (Å²) in [5, 5.41) is 2.94. The first-order valence-corrected chi connectivity index (χ1v) is 9.03. The molecule has 140 valence electrons. The summed E-state index contributed by atoms with van der Waals surface area (Å²) in [5.41, 5.74) is 5.41. The lowest BCUT2D eigenvalue weighted by molar-refractivity contribution is -0.127. The Hall–Kier alpha value is -3.08. The molecule has 5 heteroatoms. The van der Waals surface area contributed by atoms with Crippen LogP contribution in [-0.4, -0.2) is 21.6 Å². The molecule has 1 heterocycles. The number of nitrogens with zero attached hydrogens (tertiary/aromatic N) is 2. The average molecular weight is 363 g/mol. The lowest BCUT2D eigenvalue weighted by atomic mass is 10.1. The molecule has 27 heavy (non-hydrogen) atoms. The van der Waals surface area contributed by atoms with Gasteiger partial charge in [-0.25, -0.2) is 4.98 Å². The van der Waals surface area contributed by atoms with E-state index in [1.165, 1.54) is 0 Å². The number of ether oxygens (including phenoxy) is 1. The monoisotopic (exact) mass is 363 g/mol. The van der Waals surface area contributed by atoms with Crippen LogP contribution in [0.3, 0.4) is 0 Å². The largest absolute Gasteiger partial charge is 0.481 e. The van der Waals surface area contributed by atoms with E-state index in [9.17, 15) is 4.79 Å². The van der Waals surface area contributed by atoms with Crippen molar-refractivity contribution in [2.24, 2.45) is 0 Å². The fourth-order valence-corrected chi connectivity index (χ4v) is 2.90. The van der Waals surface area contributed by atoms with Gasteiger partial charge >= 0.3 is 0 Å². The first-order valence-electron chi connectivity index (χ1n) is 9.03. The SMILES string of the molecule is Cc1cc(C)c(C)c(O[C@H](C)C(=O)NCc2ccc(-n3ccnc3)cc2)c1. The second-order valence-electron chi connectivity index (χ2n) is 6.82. The van der Waals surface area contributed by atoms with Crippen molar-refractivity contribution in [3.05, 3.63) is 77.4 Å². The summed E-state index contributed by atoms with van der Waals surface area (Å²) in [4.78, 5) is 16.5. The Morgan fingerprint density at radius 2 is 1.93 bits per heavy atom. The average Bonchev–Trinajstić information content (AvgIpc) is 3.18. The van der Waals surface area contributed by atoms with E-state index in [0.29, 0.717) is 6.54 Å². The topological polar surface area (TPSA) is 56.1 Å². The number of aryl methyl sites for hydroxylation is 2. The molecular formula is C22H25N3O2. The standard InChI is InChI=1S/C22H25N3O2/c1-15-11-16(2)17(3)21(12-15)27-18(4)22(26)24-13-19-5-7-20(8-6-19)25-10-9-23-14-25/h5-12,14,18H,13H2,1-4H3,(H,24,26)/t18-/m1/s1. The molecule has 5 nitrogen and oxygen atoms in total. The fourth-order valence-electron chi connectivity index (χ4n) is 2.90. The summed E-state index contributed by atoms with van der Waals surface area (Å²) in [5.74, 6) is 0.632. The van der Waals surface area contributed by atoms with E-state index in [-0.39, 0.29) is 5.91 Å². The highest BCUT2D eigenvalue weighted by Gasteiger charge is 2.16. The summed E-state index contributed by atoms with van der Waals surface area (Å²) < 4.78 is 7.84. The fraction of sp³-hybridized carbons (Fsp3) is 0.273. The van der Waals surface area contributed by atoms with E-state index in [4.69, 9.17) is 4.74 Å². The molecule has 0 aliphatic heterocycles. The summed E-state index contributed by atoms with van der Waals surface area (Å²) in [6.45, 7) is 8.32. The zero-order valence-electron chi connectivity index (χ0n) is 16.2. The van der Waals surface area contributed by atoms with Gasteiger partial charge in [0.15, 0.2) is 6.10 Å². The van der Waals surface area contributed by atoms with E-state index in [1.807, 2.05) is 61.9 Å². The Morgan fingerprint density at radius 3 is 2.59 bits per heavy atom. The van der Waals surface area contributed by atoms with Crippen LogP contribution < -0.4 is 10.1 Å². The highest BCUT2D eigenvalue weighted by Crippen LogP contribution is 2.24. The molecule has 1 atom stereocenters. The summed E-state index contributed by atoms with van der Waals surface area (Å²) in [6.07, 6.45) is 4.83. The van der Waals surface area contributed by atoms with Crippen LogP contribution in [-0.2, 0) is 11.3 Å². The Labute approximate surface area is 160 Å². The Balaban J connectivity index is 1.57. The summed E-state index contributed by atoms with van der Waals surface area (Å²) >= 11 is 0. The molecule has 0 aliphatic carbocycles. The number of aromatic nitrogens is 2. The Bertz CT molecular complexity index is 915. The zero-order valence-corrected chi connectivity index (χ0v) is 16.2. The van der Waals surface area contributed by atoms with Gasteiger partial charge in [0.2, 0.25) is 0 Å². The second kappa shape index (κ2) is 8.08. The van der Waals surface area contributed by atoms with Gasteiger partial charge in [-0.15, -0.1) is 0 Å². The van der Waals surface area contributed by atoms with Gasteiger partial charge in [0.05, 0.1) is 6.33 Å². The molecule has 1 aromatic heterocycles. The van der Waals surface area contributed by atoms with Crippen molar-refractivity contribution < 1.29 is 9.53 Å². The van der Waals surface area contributed by atoms with Crippen molar-refractivity contribution in [3.63, 3.8) is 0 Å². The van der Waals surface area contributed by atoms with Gasteiger partial charge in [-0.1, -0.05) is 18.2 Å². The van der Waals surface area contributed by atoms with Crippen LogP contribution in [0.15, 0.2) is 55.1 Å². The lowest BCUT2D eigenvalue weighted by Gasteiger charge is -2.18. The molecule has 0 unspecified atom stereocenters. The number of carbonyl (C=O) groups excluding carboxylic acids is 1. The highest BCUT2D eigenvalue weighted by atomic mass is 16.5. The molecule has 0 radical (unpaired) electrons. The number of imidazole rings is 1. The van der Waals surface area contributed by atoms with Crippen LogP contribution in [0.25, 0.3) is 5.69 Å². The summed E-state index contributed by atoms with van der Waals surface area (Å²) in [6, 6.07) is 12.1. The highest BCUT2D eigenvalue weighted by molar-refractivity contribution is 5.80. The van der Waals surface area contributed by atoms with Gasteiger partial charge < -0.3 is 14.6 Å². The maximum Gasteiger partial charge on any atom is 0.261 e. The van der Waals surface area contributed by atoms with Crippen molar-refractivity contribution in [2.75, 3.05) is 0 Å². The molecule has 0 saturated carbocycles. The van der Waals surface area contributed by atoms with Crippen LogP contribution >= 0.6 is 0 Å². The smallest absolute Gasteiger partial charge is 0.261 e. The van der Waals surface area contributed by atoms with Crippen LogP contribution in [0.4, 0.5) is 0 Å². The van der Waals surface area contributed by atoms with E-state index < -0.39 is 6.10 Å². The van der Waals surface area contributed by atoms with Crippen molar-refractivity contribution in [3.8, 4) is 11.4 Å². The third-order valence-corrected chi connectivity index (χ3v) is 4.64. The Kier molecular flexibility index (Phi) is 5.60. The van der Waals surface area contributed by atoms with Crippen molar-refractivity contribution in [2.45, 2.75) is 40.3 Å². The first-order chi connectivity index (χ1) is 12.9.